The highest BCUT2D eigenvalue weighted by Crippen LogP contribution is 2.17. The van der Waals surface area contributed by atoms with E-state index in [0.29, 0.717) is 0 Å². The van der Waals surface area contributed by atoms with Gasteiger partial charge < -0.3 is 5.32 Å². The molecule has 1 unspecified atom stereocenters. The average Bonchev–Trinajstić information content (AvgIpc) is 2.76. The molecule has 0 saturated carbocycles. The second kappa shape index (κ2) is 9.80. The van der Waals surface area contributed by atoms with Crippen LogP contribution in [0.3, 0.4) is 0 Å². The SMILES string of the molecule is CCCCCCCN1CCCC1CNCC(C)C. The zero-order valence-corrected chi connectivity index (χ0v) is 12.9. The molecule has 2 nitrogen and oxygen atoms in total. The highest BCUT2D eigenvalue weighted by atomic mass is 15.2. The Morgan fingerprint density at radius 2 is 1.94 bits per heavy atom. The van der Waals surface area contributed by atoms with Gasteiger partial charge in [0.25, 0.3) is 0 Å². The van der Waals surface area contributed by atoms with E-state index in [2.05, 4.69) is 31.0 Å². The molecule has 18 heavy (non-hydrogen) atoms. The van der Waals surface area contributed by atoms with E-state index in [-0.39, 0.29) is 0 Å². The molecule has 1 saturated heterocycles. The Bertz CT molecular complexity index is 192. The van der Waals surface area contributed by atoms with Crippen molar-refractivity contribution in [2.45, 2.75) is 71.8 Å². The third-order valence-electron chi connectivity index (χ3n) is 3.98. The highest BCUT2D eigenvalue weighted by Gasteiger charge is 2.23. The first kappa shape index (κ1) is 16.0. The van der Waals surface area contributed by atoms with Crippen LogP contribution in [0.4, 0.5) is 0 Å². The largest absolute Gasteiger partial charge is 0.315 e. The Balaban J connectivity index is 2.07. The van der Waals surface area contributed by atoms with Crippen molar-refractivity contribution in [2.24, 2.45) is 5.92 Å². The molecule has 0 aliphatic carbocycles. The van der Waals surface area contributed by atoms with Crippen LogP contribution in [0.25, 0.3) is 0 Å². The van der Waals surface area contributed by atoms with Crippen molar-refractivity contribution < 1.29 is 0 Å². The minimum Gasteiger partial charge on any atom is -0.315 e. The van der Waals surface area contributed by atoms with Gasteiger partial charge in [-0.2, -0.15) is 0 Å². The Labute approximate surface area is 115 Å². The minimum atomic E-state index is 0.772. The van der Waals surface area contributed by atoms with Crippen LogP contribution < -0.4 is 5.32 Å². The molecular formula is C16H34N2. The molecule has 0 aromatic carbocycles. The summed E-state index contributed by atoms with van der Waals surface area (Å²) < 4.78 is 0. The predicted octanol–water partition coefficient (Wildman–Crippen LogP) is 3.67. The quantitative estimate of drug-likeness (QED) is 0.598. The molecule has 108 valence electrons. The van der Waals surface area contributed by atoms with Crippen molar-refractivity contribution >= 4 is 0 Å². The van der Waals surface area contributed by atoms with Crippen molar-refractivity contribution in [2.75, 3.05) is 26.2 Å². The second-order valence-electron chi connectivity index (χ2n) is 6.30. The molecule has 0 spiro atoms. The zero-order chi connectivity index (χ0) is 13.2. The summed E-state index contributed by atoms with van der Waals surface area (Å²) in [5.41, 5.74) is 0. The van der Waals surface area contributed by atoms with Gasteiger partial charge in [-0.1, -0.05) is 46.5 Å². The summed E-state index contributed by atoms with van der Waals surface area (Å²) >= 11 is 0. The summed E-state index contributed by atoms with van der Waals surface area (Å²) in [6.07, 6.45) is 9.84. The van der Waals surface area contributed by atoms with Gasteiger partial charge in [0.1, 0.15) is 0 Å². The third kappa shape index (κ3) is 6.75. The number of nitrogens with one attached hydrogen (secondary N) is 1. The van der Waals surface area contributed by atoms with Crippen molar-refractivity contribution in [1.82, 2.24) is 10.2 Å². The molecule has 0 aromatic rings. The molecule has 1 heterocycles. The van der Waals surface area contributed by atoms with E-state index in [1.165, 1.54) is 71.1 Å². The number of hydrogen-bond acceptors (Lipinski definition) is 2. The van der Waals surface area contributed by atoms with Crippen LogP contribution in [-0.4, -0.2) is 37.1 Å². The molecule has 0 amide bonds. The lowest BCUT2D eigenvalue weighted by atomic mass is 10.1. The van der Waals surface area contributed by atoms with Crippen molar-refractivity contribution in [3.05, 3.63) is 0 Å². The molecule has 1 aliphatic rings. The Morgan fingerprint density at radius 1 is 1.17 bits per heavy atom. The fourth-order valence-corrected chi connectivity index (χ4v) is 2.88. The first-order valence-electron chi connectivity index (χ1n) is 8.18. The van der Waals surface area contributed by atoms with Gasteiger partial charge in [-0.25, -0.2) is 0 Å². The van der Waals surface area contributed by atoms with Crippen LogP contribution in [0.1, 0.15) is 65.7 Å². The monoisotopic (exact) mass is 254 g/mol. The summed E-state index contributed by atoms with van der Waals surface area (Å²) in [6, 6.07) is 0.815. The summed E-state index contributed by atoms with van der Waals surface area (Å²) in [4.78, 5) is 2.72. The van der Waals surface area contributed by atoms with Crippen LogP contribution >= 0.6 is 0 Å². The number of unbranched alkanes of at least 4 members (excludes halogenated alkanes) is 4. The van der Waals surface area contributed by atoms with Gasteiger partial charge in [-0.15, -0.1) is 0 Å². The van der Waals surface area contributed by atoms with E-state index in [4.69, 9.17) is 0 Å². The zero-order valence-electron chi connectivity index (χ0n) is 12.9. The van der Waals surface area contributed by atoms with Gasteiger partial charge in [-0.05, 0) is 44.8 Å². The van der Waals surface area contributed by atoms with Crippen LogP contribution in [0.15, 0.2) is 0 Å². The number of hydrogen-bond donors (Lipinski definition) is 1. The van der Waals surface area contributed by atoms with Gasteiger partial charge in [0.2, 0.25) is 0 Å². The van der Waals surface area contributed by atoms with E-state index in [9.17, 15) is 0 Å². The second-order valence-corrected chi connectivity index (χ2v) is 6.30. The first-order valence-corrected chi connectivity index (χ1v) is 8.18. The molecule has 1 N–H and O–H groups in total. The topological polar surface area (TPSA) is 15.3 Å². The van der Waals surface area contributed by atoms with Gasteiger partial charge in [-0.3, -0.25) is 4.90 Å². The Kier molecular flexibility index (Phi) is 8.70. The molecular weight excluding hydrogens is 220 g/mol. The fraction of sp³-hybridized carbons (Fsp3) is 1.00. The Morgan fingerprint density at radius 3 is 2.67 bits per heavy atom. The molecule has 1 atom stereocenters. The van der Waals surface area contributed by atoms with Gasteiger partial charge in [0.05, 0.1) is 0 Å². The van der Waals surface area contributed by atoms with Crippen LogP contribution in [0.2, 0.25) is 0 Å². The van der Waals surface area contributed by atoms with Gasteiger partial charge >= 0.3 is 0 Å². The molecule has 1 aliphatic heterocycles. The lowest BCUT2D eigenvalue weighted by molar-refractivity contribution is 0.240. The molecule has 1 fully saturated rings. The number of nitrogens with zero attached hydrogens (tertiary/aromatic N) is 1. The number of likely N-dealkylation sites (tertiary alicyclic amines) is 1. The van der Waals surface area contributed by atoms with Crippen LogP contribution in [-0.2, 0) is 0 Å². The van der Waals surface area contributed by atoms with Crippen molar-refractivity contribution in [1.29, 1.82) is 0 Å². The average molecular weight is 254 g/mol. The molecule has 0 aromatic heterocycles. The molecule has 0 bridgehead atoms. The molecule has 1 rings (SSSR count). The molecule has 2 heteroatoms. The maximum Gasteiger partial charge on any atom is 0.0221 e. The summed E-state index contributed by atoms with van der Waals surface area (Å²) in [5.74, 6) is 0.772. The predicted molar refractivity (Wildman–Crippen MR) is 81.1 cm³/mol. The summed E-state index contributed by atoms with van der Waals surface area (Å²) in [7, 11) is 0. The van der Waals surface area contributed by atoms with E-state index in [1.807, 2.05) is 0 Å². The fourth-order valence-electron chi connectivity index (χ4n) is 2.88. The summed E-state index contributed by atoms with van der Waals surface area (Å²) in [5, 5.41) is 3.63. The standard InChI is InChI=1S/C16H34N2/c1-4-5-6-7-8-11-18-12-9-10-16(18)14-17-13-15(2)3/h15-17H,4-14H2,1-3H3. The van der Waals surface area contributed by atoms with Gasteiger partial charge in [0, 0.05) is 12.6 Å². The number of rotatable bonds is 10. The smallest absolute Gasteiger partial charge is 0.0221 e. The van der Waals surface area contributed by atoms with Crippen molar-refractivity contribution in [3.63, 3.8) is 0 Å². The van der Waals surface area contributed by atoms with Crippen LogP contribution in [0.5, 0.6) is 0 Å². The minimum absolute atomic E-state index is 0.772. The van der Waals surface area contributed by atoms with E-state index in [1.54, 1.807) is 0 Å². The maximum atomic E-state index is 3.63. The first-order chi connectivity index (χ1) is 8.74. The van der Waals surface area contributed by atoms with E-state index < -0.39 is 0 Å². The third-order valence-corrected chi connectivity index (χ3v) is 3.98. The highest BCUT2D eigenvalue weighted by molar-refractivity contribution is 4.80. The lowest BCUT2D eigenvalue weighted by Crippen LogP contribution is -2.39. The van der Waals surface area contributed by atoms with E-state index >= 15 is 0 Å². The van der Waals surface area contributed by atoms with E-state index in [0.717, 1.165) is 12.0 Å². The lowest BCUT2D eigenvalue weighted by Gasteiger charge is -2.25. The maximum absolute atomic E-state index is 3.63. The van der Waals surface area contributed by atoms with Gasteiger partial charge in [0.15, 0.2) is 0 Å². The summed E-state index contributed by atoms with van der Waals surface area (Å²) in [6.45, 7) is 11.9. The molecule has 0 radical (unpaired) electrons. The normalized spacial score (nSPS) is 21.0. The van der Waals surface area contributed by atoms with Crippen molar-refractivity contribution in [3.8, 4) is 0 Å². The Hall–Kier alpha value is -0.0800. The van der Waals surface area contributed by atoms with Crippen LogP contribution in [0, 0.1) is 5.92 Å².